The number of hydrogen-bond acceptors (Lipinski definition) is 6. The summed E-state index contributed by atoms with van der Waals surface area (Å²) in [5, 5.41) is 3.43. The van der Waals surface area contributed by atoms with Gasteiger partial charge in [0, 0.05) is 26.6 Å². The highest BCUT2D eigenvalue weighted by Gasteiger charge is 2.11. The zero-order chi connectivity index (χ0) is 19.9. The number of rotatable bonds is 17. The first kappa shape index (κ1) is 25.4. The third-order valence-electron chi connectivity index (χ3n) is 5.19. The molecule has 1 radical (unpaired) electrons. The molecule has 0 bridgehead atoms. The van der Waals surface area contributed by atoms with Crippen LogP contribution in [0.15, 0.2) is 0 Å². The van der Waals surface area contributed by atoms with Crippen LogP contribution in [0.5, 0.6) is 0 Å². The van der Waals surface area contributed by atoms with Gasteiger partial charge in [-0.25, -0.2) is 5.01 Å². The summed E-state index contributed by atoms with van der Waals surface area (Å²) in [6.07, 6.45) is 9.55. The first-order valence-corrected chi connectivity index (χ1v) is 10.1. The van der Waals surface area contributed by atoms with Crippen molar-refractivity contribution in [3.8, 4) is 0 Å². The molecule has 4 atom stereocenters. The molecule has 7 heteroatoms. The van der Waals surface area contributed by atoms with Crippen LogP contribution in [0.3, 0.4) is 0 Å². The average Bonchev–Trinajstić information content (AvgIpc) is 2.64. The third kappa shape index (κ3) is 14.6. The van der Waals surface area contributed by atoms with Crippen LogP contribution in [-0.4, -0.2) is 37.1 Å². The molecule has 0 heterocycles. The molecule has 7 nitrogen and oxygen atoms in total. The number of nitrogens with one attached hydrogen (secondary N) is 4. The average molecular weight is 372 g/mol. The van der Waals surface area contributed by atoms with Crippen molar-refractivity contribution in [1.29, 1.82) is 0 Å². The summed E-state index contributed by atoms with van der Waals surface area (Å²) in [5.74, 6) is 9.39. The highest BCUT2D eigenvalue weighted by molar-refractivity contribution is 5.52. The zero-order valence-corrected chi connectivity index (χ0v) is 17.8. The summed E-state index contributed by atoms with van der Waals surface area (Å²) in [5.41, 5.74) is 8.08. The normalized spacial score (nSPS) is 16.7. The van der Waals surface area contributed by atoms with Gasteiger partial charge in [-0.05, 0) is 30.6 Å². The molecule has 0 aliphatic carbocycles. The Kier molecular flexibility index (Phi) is 15.1. The van der Waals surface area contributed by atoms with E-state index >= 15 is 0 Å². The Morgan fingerprint density at radius 1 is 0.808 bits per heavy atom. The third-order valence-corrected chi connectivity index (χ3v) is 5.19. The maximum atomic E-state index is 10.7. The molecule has 0 aliphatic heterocycles. The minimum atomic E-state index is 0.210. The molecule has 0 saturated carbocycles. The van der Waals surface area contributed by atoms with Crippen molar-refractivity contribution in [3.63, 3.8) is 0 Å². The minimum Gasteiger partial charge on any atom is -0.303 e. The van der Waals surface area contributed by atoms with Gasteiger partial charge in [0.1, 0.15) is 6.29 Å². The monoisotopic (exact) mass is 371 g/mol. The fourth-order valence-electron chi connectivity index (χ4n) is 2.84. The predicted octanol–water partition coefficient (Wildman–Crippen LogP) is 2.95. The molecular weight excluding hydrogens is 328 g/mol. The van der Waals surface area contributed by atoms with Crippen LogP contribution in [0.2, 0.25) is 0 Å². The maximum Gasteiger partial charge on any atom is 0.122 e. The topological polar surface area (TPSA) is 83.4 Å². The van der Waals surface area contributed by atoms with Crippen LogP contribution < -0.4 is 22.4 Å². The van der Waals surface area contributed by atoms with Gasteiger partial charge in [0.05, 0.1) is 0 Å². The van der Waals surface area contributed by atoms with Crippen LogP contribution in [0.1, 0.15) is 72.6 Å². The van der Waals surface area contributed by atoms with E-state index in [4.69, 9.17) is 5.84 Å². The van der Waals surface area contributed by atoms with E-state index in [-0.39, 0.29) is 5.92 Å². The van der Waals surface area contributed by atoms with Crippen molar-refractivity contribution in [1.82, 2.24) is 32.6 Å². The lowest BCUT2D eigenvalue weighted by Crippen LogP contribution is -2.56. The second-order valence-corrected chi connectivity index (χ2v) is 8.27. The van der Waals surface area contributed by atoms with Crippen molar-refractivity contribution < 1.29 is 4.79 Å². The molecule has 0 saturated heterocycles. The molecule has 4 N–H and O–H groups in total. The quantitative estimate of drug-likeness (QED) is 0.269. The number of carbonyl (C=O) groups is 1. The van der Waals surface area contributed by atoms with Gasteiger partial charge >= 0.3 is 0 Å². The highest BCUT2D eigenvalue weighted by atomic mass is 16.1. The maximum absolute atomic E-state index is 10.7. The van der Waals surface area contributed by atoms with E-state index in [1.54, 1.807) is 7.05 Å². The molecule has 26 heavy (non-hydrogen) atoms. The molecule has 0 aromatic carbocycles. The smallest absolute Gasteiger partial charge is 0.122 e. The Morgan fingerprint density at radius 2 is 1.27 bits per heavy atom. The van der Waals surface area contributed by atoms with Gasteiger partial charge in [-0.1, -0.05) is 59.8 Å². The van der Waals surface area contributed by atoms with Crippen LogP contribution >= 0.6 is 0 Å². The Labute approximate surface area is 161 Å². The fraction of sp³-hybridized carbons (Fsp3) is 0.947. The number of hydrogen-bond donors (Lipinski definition) is 3. The molecular formula is C19H43N6O. The Hall–Kier alpha value is -0.570. The van der Waals surface area contributed by atoms with E-state index < -0.39 is 0 Å². The van der Waals surface area contributed by atoms with Crippen molar-refractivity contribution >= 4 is 6.29 Å². The molecule has 0 aliphatic rings. The van der Waals surface area contributed by atoms with Crippen molar-refractivity contribution in [3.05, 3.63) is 0 Å². The summed E-state index contributed by atoms with van der Waals surface area (Å²) in [4.78, 5) is 10.7. The molecule has 0 rings (SSSR count). The number of nitrogens with zero attached hydrogens (tertiary/aromatic N) is 2. The SMILES string of the molecule is CC(C=O)CCC(C)CCC(C)CCC(C)CCN(C)NNN(C)N[NH]. The lowest BCUT2D eigenvalue weighted by atomic mass is 9.88. The second-order valence-electron chi connectivity index (χ2n) is 8.27. The van der Waals surface area contributed by atoms with E-state index in [9.17, 15) is 4.79 Å². The number of carbonyl (C=O) groups excluding carboxylic acids is 1. The lowest BCUT2D eigenvalue weighted by molar-refractivity contribution is -0.110. The van der Waals surface area contributed by atoms with Gasteiger partial charge in [-0.3, -0.25) is 0 Å². The van der Waals surface area contributed by atoms with E-state index in [1.807, 2.05) is 19.0 Å². The Balaban J connectivity index is 3.74. The minimum absolute atomic E-state index is 0.210. The molecule has 0 aromatic heterocycles. The summed E-state index contributed by atoms with van der Waals surface area (Å²) in [6.45, 7) is 9.98. The lowest BCUT2D eigenvalue weighted by Gasteiger charge is -2.24. The van der Waals surface area contributed by atoms with Gasteiger partial charge in [0.25, 0.3) is 0 Å². The van der Waals surface area contributed by atoms with Gasteiger partial charge in [-0.15, -0.1) is 0 Å². The summed E-state index contributed by atoms with van der Waals surface area (Å²) in [6, 6.07) is 0. The highest BCUT2D eigenvalue weighted by Crippen LogP contribution is 2.23. The molecule has 0 amide bonds. The zero-order valence-electron chi connectivity index (χ0n) is 17.8. The molecule has 155 valence electrons. The van der Waals surface area contributed by atoms with E-state index in [2.05, 4.69) is 37.4 Å². The Bertz CT molecular complexity index is 344. The first-order valence-electron chi connectivity index (χ1n) is 10.1. The molecule has 4 unspecified atom stereocenters. The van der Waals surface area contributed by atoms with Crippen molar-refractivity contribution in [2.75, 3.05) is 20.6 Å². The van der Waals surface area contributed by atoms with Gasteiger partial charge in [0.2, 0.25) is 0 Å². The molecule has 0 fully saturated rings. The van der Waals surface area contributed by atoms with Crippen LogP contribution in [0, 0.1) is 23.7 Å². The summed E-state index contributed by atoms with van der Waals surface area (Å²) < 4.78 is 0. The fourth-order valence-corrected chi connectivity index (χ4v) is 2.84. The standard InChI is InChI=1S/C19H43N6O/c1-16(7-8-17(2)11-12-19(4)15-26)9-10-18(3)13-14-24(5)22-23-25(6)21-20/h15-23H,7-14H2,1-6H3. The van der Waals surface area contributed by atoms with E-state index in [0.717, 1.165) is 37.5 Å². The van der Waals surface area contributed by atoms with Crippen molar-refractivity contribution in [2.24, 2.45) is 23.7 Å². The Morgan fingerprint density at radius 3 is 1.73 bits per heavy atom. The summed E-state index contributed by atoms with van der Waals surface area (Å²) >= 11 is 0. The van der Waals surface area contributed by atoms with Gasteiger partial charge < -0.3 is 4.79 Å². The summed E-state index contributed by atoms with van der Waals surface area (Å²) in [7, 11) is 3.72. The molecule has 0 spiro atoms. The van der Waals surface area contributed by atoms with Crippen LogP contribution in [0.4, 0.5) is 0 Å². The van der Waals surface area contributed by atoms with E-state index in [0.29, 0.717) is 5.92 Å². The second kappa shape index (κ2) is 15.5. The van der Waals surface area contributed by atoms with E-state index in [1.165, 1.54) is 37.2 Å². The predicted molar refractivity (Wildman–Crippen MR) is 108 cm³/mol. The number of hydrazine groups is 4. The molecule has 0 aromatic rings. The van der Waals surface area contributed by atoms with Gasteiger partial charge in [0.15, 0.2) is 0 Å². The van der Waals surface area contributed by atoms with Crippen molar-refractivity contribution in [2.45, 2.75) is 72.6 Å². The first-order chi connectivity index (χ1) is 12.3. The van der Waals surface area contributed by atoms with Crippen LogP contribution in [-0.2, 0) is 4.79 Å². The van der Waals surface area contributed by atoms with Gasteiger partial charge in [-0.2, -0.15) is 27.6 Å². The van der Waals surface area contributed by atoms with Crippen LogP contribution in [0.25, 0.3) is 0 Å². The number of aldehydes is 1. The largest absolute Gasteiger partial charge is 0.303 e.